The van der Waals surface area contributed by atoms with Crippen LogP contribution in [0.25, 0.3) is 11.3 Å². The Balaban J connectivity index is 1.86. The summed E-state index contributed by atoms with van der Waals surface area (Å²) in [6, 6.07) is 9.51. The Bertz CT molecular complexity index is 845. The van der Waals surface area contributed by atoms with Crippen LogP contribution in [0.1, 0.15) is 5.56 Å². The highest BCUT2D eigenvalue weighted by Crippen LogP contribution is 2.25. The van der Waals surface area contributed by atoms with Crippen molar-refractivity contribution >= 4 is 11.7 Å². The summed E-state index contributed by atoms with van der Waals surface area (Å²) in [5.74, 6) is 0.509. The second kappa shape index (κ2) is 6.91. The van der Waals surface area contributed by atoms with Crippen LogP contribution in [0, 0.1) is 0 Å². The summed E-state index contributed by atoms with van der Waals surface area (Å²) in [5, 5.41) is 6.94. The number of rotatable bonds is 5. The molecule has 1 amide bonds. The van der Waals surface area contributed by atoms with Gasteiger partial charge in [-0.3, -0.25) is 9.48 Å². The number of hydrogen-bond donors (Lipinski definition) is 1. The van der Waals surface area contributed by atoms with E-state index in [1.165, 1.54) is 13.3 Å². The Morgan fingerprint density at radius 1 is 1.25 bits per heavy atom. The van der Waals surface area contributed by atoms with Crippen LogP contribution in [0.15, 0.2) is 48.9 Å². The summed E-state index contributed by atoms with van der Waals surface area (Å²) in [5.41, 5.74) is 2.24. The Morgan fingerprint density at radius 2 is 2.04 bits per heavy atom. The fourth-order valence-corrected chi connectivity index (χ4v) is 2.27. The van der Waals surface area contributed by atoms with E-state index in [0.717, 1.165) is 11.1 Å². The van der Waals surface area contributed by atoms with Crippen LogP contribution in [-0.4, -0.2) is 32.8 Å². The summed E-state index contributed by atoms with van der Waals surface area (Å²) in [6.45, 7) is 0. The molecule has 0 aliphatic heterocycles. The minimum absolute atomic E-state index is 0.172. The number of aromatic nitrogens is 4. The molecule has 24 heavy (non-hydrogen) atoms. The molecule has 0 aliphatic rings. The maximum absolute atomic E-state index is 12.3. The topological polar surface area (TPSA) is 81.9 Å². The van der Waals surface area contributed by atoms with Crippen LogP contribution in [-0.2, 0) is 18.3 Å². The van der Waals surface area contributed by atoms with Crippen molar-refractivity contribution in [1.82, 2.24) is 19.7 Å². The predicted octanol–water partition coefficient (Wildman–Crippen LogP) is 2.07. The number of ether oxygens (including phenoxy) is 1. The molecular formula is C17H17N5O2. The molecule has 2 aromatic heterocycles. The van der Waals surface area contributed by atoms with Crippen molar-refractivity contribution in [3.8, 4) is 17.1 Å². The molecule has 3 rings (SSSR count). The monoisotopic (exact) mass is 323 g/mol. The summed E-state index contributed by atoms with van der Waals surface area (Å²) >= 11 is 0. The number of benzene rings is 1. The first kappa shape index (κ1) is 15.7. The van der Waals surface area contributed by atoms with Gasteiger partial charge in [0.15, 0.2) is 5.82 Å². The lowest BCUT2D eigenvalue weighted by Crippen LogP contribution is -2.16. The van der Waals surface area contributed by atoms with Crippen molar-refractivity contribution in [3.63, 3.8) is 0 Å². The van der Waals surface area contributed by atoms with Gasteiger partial charge in [-0.25, -0.2) is 4.98 Å². The molecule has 3 aromatic rings. The number of carbonyl (C=O) groups is 1. The Labute approximate surface area is 139 Å². The molecule has 7 nitrogen and oxygen atoms in total. The molecule has 0 unspecified atom stereocenters. The molecule has 0 atom stereocenters. The molecule has 0 aliphatic carbocycles. The van der Waals surface area contributed by atoms with Crippen molar-refractivity contribution in [2.45, 2.75) is 6.42 Å². The first-order chi connectivity index (χ1) is 11.7. The highest BCUT2D eigenvalue weighted by Gasteiger charge is 2.15. The molecule has 122 valence electrons. The lowest BCUT2D eigenvalue weighted by molar-refractivity contribution is -0.115. The number of aryl methyl sites for hydroxylation is 1. The minimum Gasteiger partial charge on any atom is -0.480 e. The number of hydrogen-bond acceptors (Lipinski definition) is 5. The molecule has 7 heteroatoms. The third-order valence-electron chi connectivity index (χ3n) is 3.40. The number of anilines is 1. The van der Waals surface area contributed by atoms with Gasteiger partial charge in [0.05, 0.1) is 25.9 Å². The molecule has 0 radical (unpaired) electrons. The van der Waals surface area contributed by atoms with E-state index >= 15 is 0 Å². The first-order valence-electron chi connectivity index (χ1n) is 7.39. The largest absolute Gasteiger partial charge is 0.480 e. The zero-order chi connectivity index (χ0) is 16.9. The maximum Gasteiger partial charge on any atom is 0.234 e. The van der Waals surface area contributed by atoms with E-state index in [2.05, 4.69) is 20.4 Å². The zero-order valence-electron chi connectivity index (χ0n) is 13.4. The van der Waals surface area contributed by atoms with Crippen LogP contribution < -0.4 is 10.1 Å². The van der Waals surface area contributed by atoms with Gasteiger partial charge in [0.1, 0.15) is 5.69 Å². The van der Waals surface area contributed by atoms with Gasteiger partial charge in [-0.15, -0.1) is 0 Å². The molecule has 0 spiro atoms. The molecule has 0 fully saturated rings. The second-order valence-corrected chi connectivity index (χ2v) is 5.22. The number of nitrogens with zero attached hydrogens (tertiary/aromatic N) is 4. The molecular weight excluding hydrogens is 306 g/mol. The van der Waals surface area contributed by atoms with Crippen molar-refractivity contribution < 1.29 is 9.53 Å². The van der Waals surface area contributed by atoms with Crippen LogP contribution in [0.4, 0.5) is 5.82 Å². The van der Waals surface area contributed by atoms with Crippen LogP contribution in [0.2, 0.25) is 0 Å². The van der Waals surface area contributed by atoms with E-state index in [-0.39, 0.29) is 12.3 Å². The average Bonchev–Trinajstić information content (AvgIpc) is 3.01. The van der Waals surface area contributed by atoms with Crippen molar-refractivity contribution in [2.75, 3.05) is 12.4 Å². The van der Waals surface area contributed by atoms with E-state index in [4.69, 9.17) is 4.74 Å². The third-order valence-corrected chi connectivity index (χ3v) is 3.40. The average molecular weight is 323 g/mol. The lowest BCUT2D eigenvalue weighted by atomic mass is 10.1. The fraction of sp³-hybridized carbons (Fsp3) is 0.176. The van der Waals surface area contributed by atoms with Crippen LogP contribution in [0.3, 0.4) is 0 Å². The third kappa shape index (κ3) is 3.57. The zero-order valence-corrected chi connectivity index (χ0v) is 13.4. The second-order valence-electron chi connectivity index (χ2n) is 5.22. The minimum atomic E-state index is -0.172. The fourth-order valence-electron chi connectivity index (χ4n) is 2.27. The Morgan fingerprint density at radius 3 is 2.71 bits per heavy atom. The SMILES string of the molecule is COc1cnc(-c2cnn(C)c2)c(NC(=O)Cc2ccccc2)n1. The first-order valence-corrected chi connectivity index (χ1v) is 7.39. The molecule has 1 aromatic carbocycles. The van der Waals surface area contributed by atoms with Gasteiger partial charge in [-0.05, 0) is 5.56 Å². The quantitative estimate of drug-likeness (QED) is 0.777. The van der Waals surface area contributed by atoms with Gasteiger partial charge in [-0.1, -0.05) is 30.3 Å². The summed E-state index contributed by atoms with van der Waals surface area (Å²) < 4.78 is 6.77. The van der Waals surface area contributed by atoms with Gasteiger partial charge in [0, 0.05) is 18.8 Å². The van der Waals surface area contributed by atoms with Gasteiger partial charge in [-0.2, -0.15) is 10.1 Å². The van der Waals surface area contributed by atoms with Gasteiger partial charge in [0.25, 0.3) is 0 Å². The standard InChI is InChI=1S/C17H17N5O2/c1-22-11-13(9-19-22)16-17(21-15(24-2)10-18-16)20-14(23)8-12-6-4-3-5-7-12/h3-7,9-11H,8H2,1-2H3,(H,20,21,23). The van der Waals surface area contributed by atoms with E-state index < -0.39 is 0 Å². The smallest absolute Gasteiger partial charge is 0.234 e. The maximum atomic E-state index is 12.3. The molecule has 0 saturated carbocycles. The molecule has 1 N–H and O–H groups in total. The summed E-state index contributed by atoms with van der Waals surface area (Å²) in [6.07, 6.45) is 5.24. The Kier molecular flexibility index (Phi) is 4.51. The normalized spacial score (nSPS) is 10.4. The van der Waals surface area contributed by atoms with Crippen LogP contribution in [0.5, 0.6) is 5.88 Å². The predicted molar refractivity (Wildman–Crippen MR) is 89.6 cm³/mol. The number of nitrogens with one attached hydrogen (secondary N) is 1. The van der Waals surface area contributed by atoms with Gasteiger partial charge < -0.3 is 10.1 Å². The van der Waals surface area contributed by atoms with Crippen molar-refractivity contribution in [1.29, 1.82) is 0 Å². The summed E-state index contributed by atoms with van der Waals surface area (Å²) in [7, 11) is 3.32. The van der Waals surface area contributed by atoms with E-state index in [9.17, 15) is 4.79 Å². The van der Waals surface area contributed by atoms with E-state index in [1.54, 1.807) is 10.9 Å². The summed E-state index contributed by atoms with van der Waals surface area (Å²) in [4.78, 5) is 21.0. The lowest BCUT2D eigenvalue weighted by Gasteiger charge is -2.10. The Hall–Kier alpha value is -3.22. The van der Waals surface area contributed by atoms with Crippen LogP contribution >= 0.6 is 0 Å². The molecule has 0 saturated heterocycles. The number of methoxy groups -OCH3 is 1. The highest BCUT2D eigenvalue weighted by atomic mass is 16.5. The van der Waals surface area contributed by atoms with Gasteiger partial charge >= 0.3 is 0 Å². The van der Waals surface area contributed by atoms with Crippen molar-refractivity contribution in [2.24, 2.45) is 7.05 Å². The van der Waals surface area contributed by atoms with Crippen molar-refractivity contribution in [3.05, 3.63) is 54.5 Å². The van der Waals surface area contributed by atoms with Gasteiger partial charge in [0.2, 0.25) is 11.8 Å². The highest BCUT2D eigenvalue weighted by molar-refractivity contribution is 5.94. The number of carbonyl (C=O) groups excluding carboxylic acids is 1. The molecule has 0 bridgehead atoms. The molecule has 2 heterocycles. The van der Waals surface area contributed by atoms with E-state index in [1.807, 2.05) is 43.6 Å². The number of amides is 1. The van der Waals surface area contributed by atoms with E-state index in [0.29, 0.717) is 17.4 Å².